The van der Waals surface area contributed by atoms with Gasteiger partial charge in [-0.2, -0.15) is 18.4 Å². The Morgan fingerprint density at radius 3 is 1.91 bits per heavy atom. The molecule has 0 aliphatic carbocycles. The van der Waals surface area contributed by atoms with Crippen molar-refractivity contribution in [3.8, 4) is 6.07 Å². The zero-order valence-corrected chi connectivity index (χ0v) is 63.0. The number of piperidine rings is 1. The van der Waals surface area contributed by atoms with Crippen molar-refractivity contribution in [2.45, 2.75) is 252 Å². The van der Waals surface area contributed by atoms with Crippen LogP contribution in [0, 0.1) is 52.8 Å². The molecule has 4 unspecified atom stereocenters. The summed E-state index contributed by atoms with van der Waals surface area (Å²) in [6, 6.07) is -1.19. The highest BCUT2D eigenvalue weighted by Crippen LogP contribution is 2.36. The van der Waals surface area contributed by atoms with Gasteiger partial charge in [-0.1, -0.05) is 114 Å². The molecule has 1 aromatic rings. The van der Waals surface area contributed by atoms with E-state index in [1.54, 1.807) is 49.8 Å². The predicted molar refractivity (Wildman–Crippen MR) is 379 cm³/mol. The molecule has 1 aromatic carbocycles. The molecule has 0 radical (unpaired) electrons. The lowest BCUT2D eigenvalue weighted by Gasteiger charge is -2.41. The molecule has 2 fully saturated rings. The van der Waals surface area contributed by atoms with Gasteiger partial charge in [0.1, 0.15) is 24.2 Å². The number of nitrogens with one attached hydrogen (secondary N) is 8. The highest BCUT2D eigenvalue weighted by molar-refractivity contribution is 5.98. The van der Waals surface area contributed by atoms with Crippen molar-refractivity contribution in [2.75, 3.05) is 66.9 Å². The number of anilines is 1. The van der Waals surface area contributed by atoms with Crippen molar-refractivity contribution in [3.05, 3.63) is 29.8 Å². The molecular weight excluding hydrogens is 1310 g/mol. The second-order valence-electron chi connectivity index (χ2n) is 28.6. The molecule has 2 aliphatic rings. The van der Waals surface area contributed by atoms with Gasteiger partial charge in [0, 0.05) is 65.0 Å². The number of halogens is 3. The number of carbonyl (C=O) groups is 10. The molecule has 101 heavy (non-hydrogen) atoms. The van der Waals surface area contributed by atoms with E-state index in [1.165, 1.54) is 31.3 Å². The van der Waals surface area contributed by atoms with E-state index in [9.17, 15) is 66.4 Å². The third-order valence-electron chi connectivity index (χ3n) is 20.3. The van der Waals surface area contributed by atoms with Gasteiger partial charge in [0.15, 0.2) is 6.04 Å². The Bertz CT molecular complexity index is 2880. The number of hydrogen-bond donors (Lipinski definition) is 9. The minimum absolute atomic E-state index is 0.0103. The standard InChI is InChI=1S/C72H121F3N14O12/c1-18-25-45(10)46(11)62(86(13)14)69(97)85-60(43(7)8)70(98)87(15)61(44(9)19-2)55(100-16)39-58(91)89-36-23-27-54(89)63(101-17)47(12)64(92)83-53(40-76)66(94)79-41-48-29-31-51(32-30-48)81-67(95)52(26-22-34-78-71(77)99)82-68(96)59(42(5)6)84-57(90)28-24-35-88-37-33-49(38-56(88)72(73,74)75)65(93)80-50(20-3)21-4/h29-32,42-47,49-50,52-56,59-63H,18-28,33-39,41H2,1-17H3,(H,79,94)(H,80,93)(H,81,95)(H,82,96)(H,83,92)(H,84,90)(H,85,97)(H3,77,78,99)/t44-,45?,46?,47+,49?,52-,53-,54-,55+,56?,59-,60-,61-,62-,63+/m0/s1. The minimum atomic E-state index is -4.61. The Balaban J connectivity index is 1.66. The third kappa shape index (κ3) is 26.9. The van der Waals surface area contributed by atoms with E-state index in [4.69, 9.17) is 15.2 Å². The van der Waals surface area contributed by atoms with Crippen LogP contribution in [0.5, 0.6) is 0 Å². The second-order valence-corrected chi connectivity index (χ2v) is 28.6. The molecule has 2 heterocycles. The molecule has 15 atom stereocenters. The molecule has 26 nitrogen and oxygen atoms in total. The number of rotatable bonds is 42. The number of likely N-dealkylation sites (tertiary alicyclic amines) is 2. The summed E-state index contributed by atoms with van der Waals surface area (Å²) in [6.45, 7) is 23.1. The zero-order valence-electron chi connectivity index (χ0n) is 63.0. The predicted octanol–water partition coefficient (Wildman–Crippen LogP) is 6.12. The van der Waals surface area contributed by atoms with Gasteiger partial charge in [-0.15, -0.1) is 0 Å². The van der Waals surface area contributed by atoms with Crippen molar-refractivity contribution in [3.63, 3.8) is 0 Å². The summed E-state index contributed by atoms with van der Waals surface area (Å²) in [7, 11) is 8.35. The topological polar surface area (TPSA) is 348 Å². The van der Waals surface area contributed by atoms with E-state index in [2.05, 4.69) is 63.3 Å². The number of methoxy groups -OCH3 is 2. The smallest absolute Gasteiger partial charge is 0.379 e. The Kier molecular flexibility index (Phi) is 37.5. The molecule has 572 valence electrons. The fraction of sp³-hybridized carbons (Fsp3) is 0.764. The van der Waals surface area contributed by atoms with Crippen LogP contribution in [0.25, 0.3) is 0 Å². The number of alkyl halides is 3. The van der Waals surface area contributed by atoms with E-state index >= 15 is 0 Å². The van der Waals surface area contributed by atoms with Crippen LogP contribution in [0.1, 0.15) is 179 Å². The van der Waals surface area contributed by atoms with Crippen LogP contribution in [0.2, 0.25) is 0 Å². The molecule has 2 saturated heterocycles. The maximum absolute atomic E-state index is 14.6. The zero-order chi connectivity index (χ0) is 76.2. The van der Waals surface area contributed by atoms with Crippen LogP contribution >= 0.6 is 0 Å². The summed E-state index contributed by atoms with van der Waals surface area (Å²) in [5.74, 6) is -7.05. The maximum atomic E-state index is 14.6. The normalized spacial score (nSPS) is 19.4. The van der Waals surface area contributed by atoms with Crippen LogP contribution in [0.4, 0.5) is 23.7 Å². The Morgan fingerprint density at radius 1 is 0.723 bits per heavy atom. The van der Waals surface area contributed by atoms with Gasteiger partial charge in [-0.3, -0.25) is 53.0 Å². The van der Waals surface area contributed by atoms with E-state index < -0.39 is 132 Å². The summed E-state index contributed by atoms with van der Waals surface area (Å²) in [5.41, 5.74) is 6.06. The Hall–Kier alpha value is -7.16. The number of nitrogens with zero attached hydrogens (tertiary/aromatic N) is 5. The third-order valence-corrected chi connectivity index (χ3v) is 20.3. The lowest BCUT2D eigenvalue weighted by Crippen LogP contribution is -2.60. The largest absolute Gasteiger partial charge is 0.404 e. The van der Waals surface area contributed by atoms with Crippen LogP contribution in [-0.4, -0.2) is 213 Å². The second kappa shape index (κ2) is 43.1. The fourth-order valence-corrected chi connectivity index (χ4v) is 13.9. The van der Waals surface area contributed by atoms with Crippen LogP contribution < -0.4 is 48.3 Å². The van der Waals surface area contributed by atoms with E-state index in [0.717, 1.165) is 12.8 Å². The first kappa shape index (κ1) is 88.1. The van der Waals surface area contributed by atoms with Crippen molar-refractivity contribution >= 4 is 64.9 Å². The quantitative estimate of drug-likeness (QED) is 0.0333. The molecule has 10 N–H and O–H groups in total. The van der Waals surface area contributed by atoms with Crippen molar-refractivity contribution < 1.29 is 70.6 Å². The highest BCUT2D eigenvalue weighted by Gasteiger charge is 2.49. The number of primary amides is 1. The van der Waals surface area contributed by atoms with Gasteiger partial charge >= 0.3 is 12.2 Å². The lowest BCUT2D eigenvalue weighted by molar-refractivity contribution is -0.196. The summed E-state index contributed by atoms with van der Waals surface area (Å²) >= 11 is 0. The van der Waals surface area contributed by atoms with Crippen LogP contribution in [-0.2, 0) is 59.2 Å². The molecule has 11 amide bonds. The van der Waals surface area contributed by atoms with Crippen molar-refractivity contribution in [1.82, 2.24) is 56.8 Å². The molecule has 0 aromatic heterocycles. The lowest BCUT2D eigenvalue weighted by atomic mass is 9.84. The van der Waals surface area contributed by atoms with Gasteiger partial charge in [0.25, 0.3) is 5.91 Å². The number of hydrogen-bond acceptors (Lipinski definition) is 15. The number of ether oxygens (including phenoxy) is 2. The molecule has 0 saturated carbocycles. The van der Waals surface area contributed by atoms with E-state index in [-0.39, 0.29) is 118 Å². The average molecular weight is 1430 g/mol. The van der Waals surface area contributed by atoms with Gasteiger partial charge in [-0.25, -0.2) is 4.79 Å². The van der Waals surface area contributed by atoms with E-state index in [0.29, 0.717) is 44.2 Å². The minimum Gasteiger partial charge on any atom is -0.379 e. The number of nitrogens with two attached hydrogens (primary N) is 1. The van der Waals surface area contributed by atoms with E-state index in [1.807, 2.05) is 66.6 Å². The first-order chi connectivity index (χ1) is 47.5. The summed E-state index contributed by atoms with van der Waals surface area (Å²) in [4.78, 5) is 143. The first-order valence-electron chi connectivity index (χ1n) is 36.3. The number of benzene rings is 1. The van der Waals surface area contributed by atoms with Crippen LogP contribution in [0.3, 0.4) is 0 Å². The molecule has 29 heteroatoms. The van der Waals surface area contributed by atoms with Crippen molar-refractivity contribution in [1.29, 1.82) is 5.26 Å². The van der Waals surface area contributed by atoms with Gasteiger partial charge < -0.3 is 67.5 Å². The molecule has 0 bridgehead atoms. The molecule has 2 aliphatic heterocycles. The number of amides is 11. The van der Waals surface area contributed by atoms with Gasteiger partial charge in [-0.05, 0) is 132 Å². The number of urea groups is 1. The summed E-state index contributed by atoms with van der Waals surface area (Å²) < 4.78 is 55.0. The number of carbonyl (C=O) groups excluding carboxylic acids is 10. The SMILES string of the molecule is CCCC(C)C(C)[C@@H](C(=O)N[C@H](C(=O)N(C)[C@@H]([C@@H](C)CC)[C@@H](CC(=O)N1CCC[C@H]1[C@H](OC)[C@@H](C)C(=O)N[C@@H](C#N)C(=O)NCc1ccc(NC(=O)[C@H](CCCNC(N)=O)NC(=O)[C@@H](NC(=O)CCCN2CCC(C(=O)NC(CC)CC)CC2C(F)(F)F)C(C)C)cc1)OC)C(C)C)N(C)C. The monoisotopic (exact) mass is 1430 g/mol. The number of nitriles is 1. The first-order valence-corrected chi connectivity index (χ1v) is 36.3. The van der Waals surface area contributed by atoms with Crippen molar-refractivity contribution in [2.24, 2.45) is 47.2 Å². The fourth-order valence-electron chi connectivity index (χ4n) is 13.9. The summed E-state index contributed by atoms with van der Waals surface area (Å²) in [6.07, 6.45) is -1.49. The Morgan fingerprint density at radius 2 is 1.37 bits per heavy atom. The maximum Gasteiger partial charge on any atom is 0.404 e. The van der Waals surface area contributed by atoms with Gasteiger partial charge in [0.2, 0.25) is 47.3 Å². The van der Waals surface area contributed by atoms with Crippen LogP contribution in [0.15, 0.2) is 24.3 Å². The molecule has 0 spiro atoms. The number of likely N-dealkylation sites (N-methyl/N-ethyl adjacent to an activating group) is 2. The molecule has 3 rings (SSSR count). The summed E-state index contributed by atoms with van der Waals surface area (Å²) in [5, 5.41) is 31.9. The Labute approximate surface area is 597 Å². The molecular formula is C72H121F3N14O12. The van der Waals surface area contributed by atoms with Gasteiger partial charge in [0.05, 0.1) is 48.7 Å². The highest BCUT2D eigenvalue weighted by atomic mass is 19.4. The average Bonchev–Trinajstić information content (AvgIpc) is 1.80.